The van der Waals surface area contributed by atoms with Crippen molar-refractivity contribution in [3.63, 3.8) is 0 Å². The fraction of sp³-hybridized carbons (Fsp3) is 0.625. The molecule has 0 radical (unpaired) electrons. The lowest BCUT2D eigenvalue weighted by atomic mass is 10.2. The van der Waals surface area contributed by atoms with Crippen molar-refractivity contribution in [2.24, 2.45) is 0 Å². The topological polar surface area (TPSA) is 37.3 Å². The van der Waals surface area contributed by atoms with E-state index < -0.39 is 5.97 Å². The fourth-order valence-corrected chi connectivity index (χ4v) is 0.705. The summed E-state index contributed by atoms with van der Waals surface area (Å²) in [4.78, 5) is 10.0. The summed E-state index contributed by atoms with van der Waals surface area (Å²) in [7, 11) is 0. The molecule has 0 fully saturated rings. The highest BCUT2D eigenvalue weighted by Crippen LogP contribution is 1.99. The smallest absolute Gasteiger partial charge is 0.303 e. The number of rotatable bonds is 5. The van der Waals surface area contributed by atoms with Crippen molar-refractivity contribution in [2.45, 2.75) is 32.6 Å². The molecule has 1 N–H and O–H groups in total. The minimum atomic E-state index is -0.694. The zero-order valence-corrected chi connectivity index (χ0v) is 6.34. The normalized spacial score (nSPS) is 10.5. The van der Waals surface area contributed by atoms with Crippen molar-refractivity contribution < 1.29 is 9.90 Å². The zero-order chi connectivity index (χ0) is 7.82. The molecule has 10 heavy (non-hydrogen) atoms. The van der Waals surface area contributed by atoms with E-state index in [1.165, 1.54) is 0 Å². The van der Waals surface area contributed by atoms with E-state index in [2.05, 4.69) is 6.08 Å². The van der Waals surface area contributed by atoms with Gasteiger partial charge in [0.2, 0.25) is 0 Å². The van der Waals surface area contributed by atoms with Crippen molar-refractivity contribution >= 4 is 5.97 Å². The Labute approximate surface area is 61.6 Å². The summed E-state index contributed by atoms with van der Waals surface area (Å²) in [6.45, 7) is 1.97. The zero-order valence-electron chi connectivity index (χ0n) is 6.34. The summed E-state index contributed by atoms with van der Waals surface area (Å²) < 4.78 is 0. The molecule has 0 rings (SSSR count). The van der Waals surface area contributed by atoms with Gasteiger partial charge in [0.25, 0.3) is 0 Å². The summed E-state index contributed by atoms with van der Waals surface area (Å²) in [6.07, 6.45) is 7.13. The summed E-state index contributed by atoms with van der Waals surface area (Å²) >= 11 is 0. The molecule has 0 aliphatic carbocycles. The predicted octanol–water partition coefficient (Wildman–Crippen LogP) is 2.21. The average Bonchev–Trinajstić information content (AvgIpc) is 1.87. The third kappa shape index (κ3) is 7.21. The maximum absolute atomic E-state index is 10.0. The van der Waals surface area contributed by atoms with E-state index in [-0.39, 0.29) is 0 Å². The number of aliphatic carboxylic acids is 1. The van der Waals surface area contributed by atoms with Crippen molar-refractivity contribution in [3.8, 4) is 0 Å². The largest absolute Gasteiger partial charge is 0.481 e. The van der Waals surface area contributed by atoms with Gasteiger partial charge in [0.15, 0.2) is 0 Å². The van der Waals surface area contributed by atoms with Gasteiger partial charge in [0.05, 0.1) is 0 Å². The van der Waals surface area contributed by atoms with Gasteiger partial charge in [-0.25, -0.2) is 0 Å². The highest BCUT2D eigenvalue weighted by atomic mass is 16.4. The predicted molar refractivity (Wildman–Crippen MR) is 40.9 cm³/mol. The molecule has 0 heterocycles. The van der Waals surface area contributed by atoms with E-state index in [0.29, 0.717) is 6.42 Å². The second-order valence-electron chi connectivity index (χ2n) is 2.21. The van der Waals surface area contributed by atoms with Crippen LogP contribution in [-0.2, 0) is 4.79 Å². The summed E-state index contributed by atoms with van der Waals surface area (Å²) in [5, 5.41) is 8.25. The lowest BCUT2D eigenvalue weighted by molar-refractivity contribution is -0.137. The van der Waals surface area contributed by atoms with Crippen LogP contribution in [0.25, 0.3) is 0 Å². The summed E-state index contributed by atoms with van der Waals surface area (Å²) in [6, 6.07) is 0. The standard InChI is InChI=1S/C8H14O2/c1-2-3-4-5-6-7-8(9)10/h2-3H,4-7H2,1H3,(H,9,10)/b3-2-. The first-order valence-corrected chi connectivity index (χ1v) is 3.60. The van der Waals surface area contributed by atoms with E-state index in [0.717, 1.165) is 19.3 Å². The van der Waals surface area contributed by atoms with Gasteiger partial charge in [0, 0.05) is 6.42 Å². The Balaban J connectivity index is 2.98. The molecule has 0 amide bonds. The van der Waals surface area contributed by atoms with Gasteiger partial charge in [-0.2, -0.15) is 0 Å². The quantitative estimate of drug-likeness (QED) is 0.472. The molecular weight excluding hydrogens is 128 g/mol. The minimum absolute atomic E-state index is 0.303. The third-order valence-electron chi connectivity index (χ3n) is 1.25. The molecule has 2 heteroatoms. The van der Waals surface area contributed by atoms with Gasteiger partial charge in [-0.1, -0.05) is 12.2 Å². The van der Waals surface area contributed by atoms with E-state index in [4.69, 9.17) is 5.11 Å². The van der Waals surface area contributed by atoms with Crippen LogP contribution in [0.5, 0.6) is 0 Å². The van der Waals surface area contributed by atoms with Gasteiger partial charge in [-0.05, 0) is 26.2 Å². The van der Waals surface area contributed by atoms with E-state index in [9.17, 15) is 4.79 Å². The average molecular weight is 142 g/mol. The number of carboxylic acids is 1. The number of carboxylic acid groups (broad SMARTS) is 1. The van der Waals surface area contributed by atoms with Crippen LogP contribution >= 0.6 is 0 Å². The first-order chi connectivity index (χ1) is 4.77. The lowest BCUT2D eigenvalue weighted by Crippen LogP contribution is -1.92. The second kappa shape index (κ2) is 6.33. The van der Waals surface area contributed by atoms with E-state index in [1.54, 1.807) is 0 Å². The summed E-state index contributed by atoms with van der Waals surface area (Å²) in [5.74, 6) is -0.694. The Morgan fingerprint density at radius 1 is 1.50 bits per heavy atom. The number of allylic oxidation sites excluding steroid dienone is 2. The fourth-order valence-electron chi connectivity index (χ4n) is 0.705. The molecular formula is C8H14O2. The molecule has 0 aromatic rings. The van der Waals surface area contributed by atoms with Gasteiger partial charge in [-0.3, -0.25) is 4.79 Å². The molecule has 0 atom stereocenters. The van der Waals surface area contributed by atoms with Gasteiger partial charge >= 0.3 is 5.97 Å². The monoisotopic (exact) mass is 142 g/mol. The van der Waals surface area contributed by atoms with Crippen molar-refractivity contribution in [1.29, 1.82) is 0 Å². The molecule has 0 saturated heterocycles. The highest BCUT2D eigenvalue weighted by Gasteiger charge is 1.93. The molecule has 0 spiro atoms. The molecule has 0 aromatic carbocycles. The molecule has 2 nitrogen and oxygen atoms in total. The lowest BCUT2D eigenvalue weighted by Gasteiger charge is -1.91. The third-order valence-corrected chi connectivity index (χ3v) is 1.25. The molecule has 0 saturated carbocycles. The Hall–Kier alpha value is -0.790. The van der Waals surface area contributed by atoms with Gasteiger partial charge in [0.1, 0.15) is 0 Å². The summed E-state index contributed by atoms with van der Waals surface area (Å²) in [5.41, 5.74) is 0. The Morgan fingerprint density at radius 2 is 2.20 bits per heavy atom. The highest BCUT2D eigenvalue weighted by molar-refractivity contribution is 5.66. The number of unbranched alkanes of at least 4 members (excludes halogenated alkanes) is 2. The van der Waals surface area contributed by atoms with Crippen molar-refractivity contribution in [3.05, 3.63) is 12.2 Å². The van der Waals surface area contributed by atoms with Crippen LogP contribution in [0.3, 0.4) is 0 Å². The van der Waals surface area contributed by atoms with Gasteiger partial charge < -0.3 is 5.11 Å². The molecule has 0 aliphatic rings. The van der Waals surface area contributed by atoms with Crippen LogP contribution in [0, 0.1) is 0 Å². The Kier molecular flexibility index (Phi) is 5.83. The maximum atomic E-state index is 10.0. The molecule has 0 aliphatic heterocycles. The first kappa shape index (κ1) is 9.21. The van der Waals surface area contributed by atoms with Crippen LogP contribution in [0.15, 0.2) is 12.2 Å². The molecule has 0 unspecified atom stereocenters. The number of carbonyl (C=O) groups is 1. The van der Waals surface area contributed by atoms with E-state index >= 15 is 0 Å². The van der Waals surface area contributed by atoms with Crippen molar-refractivity contribution in [1.82, 2.24) is 0 Å². The SMILES string of the molecule is C/C=C\CCCCC(=O)O. The maximum Gasteiger partial charge on any atom is 0.303 e. The van der Waals surface area contributed by atoms with Crippen LogP contribution in [0.4, 0.5) is 0 Å². The van der Waals surface area contributed by atoms with Crippen LogP contribution in [-0.4, -0.2) is 11.1 Å². The van der Waals surface area contributed by atoms with Gasteiger partial charge in [-0.15, -0.1) is 0 Å². The number of hydrogen-bond donors (Lipinski definition) is 1. The van der Waals surface area contributed by atoms with Crippen LogP contribution < -0.4 is 0 Å². The number of hydrogen-bond acceptors (Lipinski definition) is 1. The van der Waals surface area contributed by atoms with E-state index in [1.807, 2.05) is 13.0 Å². The first-order valence-electron chi connectivity index (χ1n) is 3.60. The molecule has 58 valence electrons. The van der Waals surface area contributed by atoms with Crippen molar-refractivity contribution in [2.75, 3.05) is 0 Å². The molecule has 0 bridgehead atoms. The Bertz CT molecular complexity index is 116. The van der Waals surface area contributed by atoms with Crippen LogP contribution in [0.1, 0.15) is 32.6 Å². The Morgan fingerprint density at radius 3 is 2.70 bits per heavy atom. The molecule has 0 aromatic heterocycles. The second-order valence-corrected chi connectivity index (χ2v) is 2.21. The minimum Gasteiger partial charge on any atom is -0.481 e. The van der Waals surface area contributed by atoms with Crippen LogP contribution in [0.2, 0.25) is 0 Å².